The summed E-state index contributed by atoms with van der Waals surface area (Å²) in [6.07, 6.45) is 6.83. The van der Waals surface area contributed by atoms with Crippen LogP contribution < -0.4 is 5.32 Å². The highest BCUT2D eigenvalue weighted by atomic mass is 16.1. The van der Waals surface area contributed by atoms with E-state index >= 15 is 0 Å². The highest BCUT2D eigenvalue weighted by Crippen LogP contribution is 2.31. The highest BCUT2D eigenvalue weighted by Gasteiger charge is 2.35. The standard InChI is InChI=1S/C19H23N3O/c23-19(20-17-12-21-9-6-13(17)7-10-21)16-11-22-8-2-4-14-3-1-5-15(16)18(14)22/h1,3,5,11,13,17H,2,4,6-10,12H2,(H,20,23). The van der Waals surface area contributed by atoms with Crippen molar-refractivity contribution in [1.82, 2.24) is 14.8 Å². The monoisotopic (exact) mass is 309 g/mol. The van der Waals surface area contributed by atoms with E-state index < -0.39 is 0 Å². The minimum absolute atomic E-state index is 0.117. The third-order valence-corrected chi connectivity index (χ3v) is 6.04. The van der Waals surface area contributed by atoms with Crippen LogP contribution in [-0.2, 0) is 13.0 Å². The highest BCUT2D eigenvalue weighted by molar-refractivity contribution is 6.07. The van der Waals surface area contributed by atoms with Crippen molar-refractivity contribution in [3.8, 4) is 0 Å². The molecule has 2 bridgehead atoms. The Morgan fingerprint density at radius 2 is 2.04 bits per heavy atom. The molecule has 5 heterocycles. The number of rotatable bonds is 2. The van der Waals surface area contributed by atoms with Gasteiger partial charge in [-0.2, -0.15) is 0 Å². The predicted octanol–water partition coefficient (Wildman–Crippen LogP) is 2.41. The summed E-state index contributed by atoms with van der Waals surface area (Å²) in [4.78, 5) is 15.4. The summed E-state index contributed by atoms with van der Waals surface area (Å²) in [6, 6.07) is 6.73. The molecule has 1 atom stereocenters. The van der Waals surface area contributed by atoms with E-state index in [1.165, 1.54) is 43.4 Å². The Bertz CT molecular complexity index is 770. The Morgan fingerprint density at radius 1 is 1.17 bits per heavy atom. The van der Waals surface area contributed by atoms with Gasteiger partial charge < -0.3 is 14.8 Å². The quantitative estimate of drug-likeness (QED) is 0.925. The fourth-order valence-electron chi connectivity index (χ4n) is 4.81. The summed E-state index contributed by atoms with van der Waals surface area (Å²) in [5.41, 5.74) is 3.52. The maximum atomic E-state index is 12.9. The summed E-state index contributed by atoms with van der Waals surface area (Å²) in [5, 5.41) is 4.47. The van der Waals surface area contributed by atoms with E-state index in [0.717, 1.165) is 30.5 Å². The molecule has 4 heteroatoms. The summed E-state index contributed by atoms with van der Waals surface area (Å²) in [7, 11) is 0. The molecule has 2 aromatic rings. The lowest BCUT2D eigenvalue weighted by atomic mass is 9.84. The first kappa shape index (κ1) is 13.6. The Morgan fingerprint density at radius 3 is 2.83 bits per heavy atom. The third-order valence-electron chi connectivity index (χ3n) is 6.04. The minimum atomic E-state index is 0.117. The number of benzene rings is 1. The molecule has 1 aromatic carbocycles. The molecule has 3 saturated heterocycles. The molecule has 4 nitrogen and oxygen atoms in total. The molecule has 0 radical (unpaired) electrons. The lowest BCUT2D eigenvalue weighted by Gasteiger charge is -2.44. The lowest BCUT2D eigenvalue weighted by molar-refractivity contribution is 0.0621. The van der Waals surface area contributed by atoms with E-state index in [-0.39, 0.29) is 5.91 Å². The second kappa shape index (κ2) is 5.10. The number of nitrogens with one attached hydrogen (secondary N) is 1. The Kier molecular flexibility index (Phi) is 3.02. The van der Waals surface area contributed by atoms with Crippen LogP contribution in [0.3, 0.4) is 0 Å². The normalized spacial score (nSPS) is 29.0. The predicted molar refractivity (Wildman–Crippen MR) is 90.7 cm³/mol. The van der Waals surface area contributed by atoms with Crippen molar-refractivity contribution in [2.45, 2.75) is 38.3 Å². The maximum Gasteiger partial charge on any atom is 0.253 e. The first-order valence-electron chi connectivity index (χ1n) is 8.93. The molecule has 4 aliphatic rings. The lowest BCUT2D eigenvalue weighted by Crippen LogP contribution is -2.57. The zero-order chi connectivity index (χ0) is 15.4. The Hall–Kier alpha value is -1.81. The number of aromatic nitrogens is 1. The van der Waals surface area contributed by atoms with Crippen molar-refractivity contribution < 1.29 is 4.79 Å². The number of fused-ring (bicyclic) bond motifs is 3. The number of aryl methyl sites for hydroxylation is 2. The van der Waals surface area contributed by atoms with Crippen molar-refractivity contribution in [2.75, 3.05) is 19.6 Å². The van der Waals surface area contributed by atoms with E-state index in [2.05, 4.69) is 39.2 Å². The van der Waals surface area contributed by atoms with Crippen molar-refractivity contribution in [1.29, 1.82) is 0 Å². The smallest absolute Gasteiger partial charge is 0.253 e. The largest absolute Gasteiger partial charge is 0.348 e. The van der Waals surface area contributed by atoms with E-state index in [0.29, 0.717) is 12.0 Å². The van der Waals surface area contributed by atoms with Crippen LogP contribution in [-0.4, -0.2) is 41.1 Å². The molecule has 0 spiro atoms. The zero-order valence-electron chi connectivity index (χ0n) is 13.4. The topological polar surface area (TPSA) is 37.3 Å². The molecular weight excluding hydrogens is 286 g/mol. The van der Waals surface area contributed by atoms with Crippen LogP contribution >= 0.6 is 0 Å². The van der Waals surface area contributed by atoms with Gasteiger partial charge in [0.2, 0.25) is 0 Å². The zero-order valence-corrected chi connectivity index (χ0v) is 13.4. The molecule has 1 amide bonds. The van der Waals surface area contributed by atoms with Gasteiger partial charge in [0.1, 0.15) is 0 Å². The van der Waals surface area contributed by atoms with Gasteiger partial charge in [0.05, 0.1) is 11.1 Å². The average Bonchev–Trinajstić information content (AvgIpc) is 2.97. The number of piperidine rings is 3. The van der Waals surface area contributed by atoms with E-state index in [4.69, 9.17) is 0 Å². The van der Waals surface area contributed by atoms with Crippen molar-refractivity contribution >= 4 is 16.8 Å². The number of amides is 1. The van der Waals surface area contributed by atoms with Gasteiger partial charge in [0, 0.05) is 30.7 Å². The van der Waals surface area contributed by atoms with Gasteiger partial charge in [-0.3, -0.25) is 4.79 Å². The Labute approximate surface area is 136 Å². The van der Waals surface area contributed by atoms with E-state index in [1.54, 1.807) is 0 Å². The van der Waals surface area contributed by atoms with Crippen LogP contribution in [0.15, 0.2) is 24.4 Å². The second-order valence-corrected chi connectivity index (χ2v) is 7.37. The molecule has 1 N–H and O–H groups in total. The van der Waals surface area contributed by atoms with Crippen molar-refractivity contribution in [3.63, 3.8) is 0 Å². The van der Waals surface area contributed by atoms with Gasteiger partial charge in [-0.1, -0.05) is 18.2 Å². The molecule has 3 fully saturated rings. The van der Waals surface area contributed by atoms with Crippen LogP contribution in [0.25, 0.3) is 10.9 Å². The molecule has 1 unspecified atom stereocenters. The van der Waals surface area contributed by atoms with Crippen molar-refractivity contribution in [3.05, 3.63) is 35.5 Å². The van der Waals surface area contributed by atoms with Gasteiger partial charge in [-0.15, -0.1) is 0 Å². The molecular formula is C19H23N3O. The number of hydrogen-bond donors (Lipinski definition) is 1. The van der Waals surface area contributed by atoms with Gasteiger partial charge in [-0.25, -0.2) is 0 Å². The molecule has 0 aliphatic carbocycles. The fraction of sp³-hybridized carbons (Fsp3) is 0.526. The van der Waals surface area contributed by atoms with E-state index in [1.807, 2.05) is 0 Å². The van der Waals surface area contributed by atoms with Crippen molar-refractivity contribution in [2.24, 2.45) is 5.92 Å². The van der Waals surface area contributed by atoms with E-state index in [9.17, 15) is 4.79 Å². The number of hydrogen-bond acceptors (Lipinski definition) is 2. The first-order valence-corrected chi connectivity index (χ1v) is 8.93. The first-order chi connectivity index (χ1) is 11.3. The third kappa shape index (κ3) is 2.12. The molecule has 120 valence electrons. The average molecular weight is 309 g/mol. The second-order valence-electron chi connectivity index (χ2n) is 7.37. The van der Waals surface area contributed by atoms with Gasteiger partial charge in [0.15, 0.2) is 0 Å². The van der Waals surface area contributed by atoms with Crippen LogP contribution in [0.2, 0.25) is 0 Å². The van der Waals surface area contributed by atoms with Crippen LogP contribution in [0.4, 0.5) is 0 Å². The SMILES string of the molecule is O=C(NC1CN2CCC1CC2)c1cn2c3c(cccc13)CCC2. The maximum absolute atomic E-state index is 12.9. The summed E-state index contributed by atoms with van der Waals surface area (Å²) < 4.78 is 2.28. The molecule has 23 heavy (non-hydrogen) atoms. The number of nitrogens with zero attached hydrogens (tertiary/aromatic N) is 2. The fourth-order valence-corrected chi connectivity index (χ4v) is 4.81. The summed E-state index contributed by atoms with van der Waals surface area (Å²) >= 11 is 0. The van der Waals surface area contributed by atoms with Crippen LogP contribution in [0, 0.1) is 5.92 Å². The number of carbonyl (C=O) groups excluding carboxylic acids is 1. The number of carbonyl (C=O) groups is 1. The minimum Gasteiger partial charge on any atom is -0.348 e. The molecule has 6 rings (SSSR count). The van der Waals surface area contributed by atoms with Gasteiger partial charge in [-0.05, 0) is 50.3 Å². The number of para-hydroxylation sites is 1. The molecule has 0 saturated carbocycles. The van der Waals surface area contributed by atoms with Gasteiger partial charge in [0.25, 0.3) is 5.91 Å². The molecule has 1 aromatic heterocycles. The van der Waals surface area contributed by atoms with Crippen LogP contribution in [0.1, 0.15) is 35.2 Å². The Balaban J connectivity index is 1.47. The summed E-state index contributed by atoms with van der Waals surface area (Å²) in [5.74, 6) is 0.787. The molecule has 4 aliphatic heterocycles. The van der Waals surface area contributed by atoms with Gasteiger partial charge >= 0.3 is 0 Å². The summed E-state index contributed by atoms with van der Waals surface area (Å²) in [6.45, 7) is 4.47. The van der Waals surface area contributed by atoms with Crippen LogP contribution in [0.5, 0.6) is 0 Å².